The van der Waals surface area contributed by atoms with Crippen molar-refractivity contribution >= 4 is 17.4 Å². The summed E-state index contributed by atoms with van der Waals surface area (Å²) in [6.45, 7) is 5.94. The van der Waals surface area contributed by atoms with Gasteiger partial charge in [-0.2, -0.15) is 0 Å². The SMILES string of the molecule is CC1=C(C(=O)Nc2ccccc2F)[C@H](c2cccnc2)C2=C(CC(C)(C)CC2=O)N1. The molecule has 0 bridgehead atoms. The molecule has 0 spiro atoms. The minimum Gasteiger partial charge on any atom is -0.362 e. The second-order valence-electron chi connectivity index (χ2n) is 8.65. The van der Waals surface area contributed by atoms with Gasteiger partial charge in [0.05, 0.1) is 5.69 Å². The number of ketones is 1. The summed E-state index contributed by atoms with van der Waals surface area (Å²) < 4.78 is 14.1. The van der Waals surface area contributed by atoms with Crippen molar-refractivity contribution in [3.63, 3.8) is 0 Å². The number of carbonyl (C=O) groups is 2. The minimum absolute atomic E-state index is 0.0197. The first-order valence-corrected chi connectivity index (χ1v) is 9.97. The monoisotopic (exact) mass is 405 g/mol. The molecule has 0 saturated carbocycles. The number of nitrogens with one attached hydrogen (secondary N) is 2. The number of nitrogens with zero attached hydrogens (tertiary/aromatic N) is 1. The van der Waals surface area contributed by atoms with E-state index in [2.05, 4.69) is 29.5 Å². The lowest BCUT2D eigenvalue weighted by molar-refractivity contribution is -0.118. The summed E-state index contributed by atoms with van der Waals surface area (Å²) in [6.07, 6.45) is 4.45. The first-order valence-electron chi connectivity index (χ1n) is 9.97. The maximum atomic E-state index is 14.1. The summed E-state index contributed by atoms with van der Waals surface area (Å²) in [4.78, 5) is 30.7. The van der Waals surface area contributed by atoms with Crippen LogP contribution in [0.15, 0.2) is 71.3 Å². The molecule has 0 fully saturated rings. The number of pyridine rings is 1. The van der Waals surface area contributed by atoms with Gasteiger partial charge in [0, 0.05) is 47.3 Å². The normalized spacial score (nSPS) is 20.5. The Hall–Kier alpha value is -3.28. The fourth-order valence-electron chi connectivity index (χ4n) is 4.37. The Labute approximate surface area is 175 Å². The van der Waals surface area contributed by atoms with Crippen molar-refractivity contribution in [3.8, 4) is 0 Å². The molecule has 2 N–H and O–H groups in total. The zero-order valence-electron chi connectivity index (χ0n) is 17.3. The lowest BCUT2D eigenvalue weighted by atomic mass is 9.68. The van der Waals surface area contributed by atoms with Crippen molar-refractivity contribution in [2.75, 3.05) is 5.32 Å². The van der Waals surface area contributed by atoms with E-state index in [0.717, 1.165) is 11.3 Å². The number of hydrogen-bond acceptors (Lipinski definition) is 4. The van der Waals surface area contributed by atoms with Gasteiger partial charge < -0.3 is 10.6 Å². The number of benzene rings is 1. The molecule has 0 radical (unpaired) electrons. The van der Waals surface area contributed by atoms with Gasteiger partial charge in [0.15, 0.2) is 5.78 Å². The lowest BCUT2D eigenvalue weighted by Gasteiger charge is -2.39. The van der Waals surface area contributed by atoms with Crippen LogP contribution in [-0.2, 0) is 9.59 Å². The van der Waals surface area contributed by atoms with E-state index in [0.29, 0.717) is 29.7 Å². The summed E-state index contributed by atoms with van der Waals surface area (Å²) in [5.74, 6) is -1.49. The molecule has 154 valence electrons. The molecule has 0 unspecified atom stereocenters. The van der Waals surface area contributed by atoms with Gasteiger partial charge in [-0.3, -0.25) is 14.6 Å². The van der Waals surface area contributed by atoms with Crippen LogP contribution in [0, 0.1) is 11.2 Å². The Kier molecular flexibility index (Phi) is 5.02. The summed E-state index contributed by atoms with van der Waals surface area (Å²) >= 11 is 0. The van der Waals surface area contributed by atoms with Crippen molar-refractivity contribution in [3.05, 3.63) is 82.7 Å². The number of dihydropyridines is 1. The minimum atomic E-state index is -0.551. The van der Waals surface area contributed by atoms with E-state index in [4.69, 9.17) is 0 Å². The number of halogens is 1. The van der Waals surface area contributed by atoms with Crippen LogP contribution in [0.4, 0.5) is 10.1 Å². The van der Waals surface area contributed by atoms with E-state index in [9.17, 15) is 14.0 Å². The van der Waals surface area contributed by atoms with Crippen LogP contribution in [0.1, 0.15) is 45.1 Å². The molecule has 4 rings (SSSR count). The molecule has 1 aromatic heterocycles. The maximum Gasteiger partial charge on any atom is 0.254 e. The van der Waals surface area contributed by atoms with Gasteiger partial charge in [-0.05, 0) is 42.5 Å². The maximum absolute atomic E-state index is 14.1. The summed E-state index contributed by atoms with van der Waals surface area (Å²) in [5.41, 5.74) is 3.22. The van der Waals surface area contributed by atoms with Crippen LogP contribution in [0.2, 0.25) is 0 Å². The first kappa shape index (κ1) is 20.0. The van der Waals surface area contributed by atoms with Gasteiger partial charge >= 0.3 is 0 Å². The number of Topliss-reactive ketones (excluding diaryl/α,β-unsaturated/α-hetero) is 1. The van der Waals surface area contributed by atoms with Crippen molar-refractivity contribution in [2.24, 2.45) is 5.41 Å². The molecule has 1 atom stereocenters. The summed E-state index contributed by atoms with van der Waals surface area (Å²) in [6, 6.07) is 9.68. The molecule has 2 aliphatic rings. The lowest BCUT2D eigenvalue weighted by Crippen LogP contribution is -2.39. The van der Waals surface area contributed by atoms with Gasteiger partial charge in [0.1, 0.15) is 5.82 Å². The molecule has 1 aromatic carbocycles. The predicted molar refractivity (Wildman–Crippen MR) is 113 cm³/mol. The highest BCUT2D eigenvalue weighted by atomic mass is 19.1. The van der Waals surface area contributed by atoms with E-state index < -0.39 is 17.6 Å². The number of hydrogen-bond donors (Lipinski definition) is 2. The smallest absolute Gasteiger partial charge is 0.254 e. The molecule has 1 amide bonds. The Bertz CT molecular complexity index is 1090. The van der Waals surface area contributed by atoms with Gasteiger partial charge in [0.2, 0.25) is 0 Å². The number of amides is 1. The predicted octanol–water partition coefficient (Wildman–Crippen LogP) is 4.46. The van der Waals surface area contributed by atoms with E-state index in [-0.39, 0.29) is 16.9 Å². The highest BCUT2D eigenvalue weighted by molar-refractivity contribution is 6.09. The van der Waals surface area contributed by atoms with Gasteiger partial charge in [0.25, 0.3) is 5.91 Å². The number of carbonyl (C=O) groups excluding carboxylic acids is 2. The summed E-state index contributed by atoms with van der Waals surface area (Å²) in [5, 5.41) is 5.97. The van der Waals surface area contributed by atoms with E-state index in [1.54, 1.807) is 30.6 Å². The first-order chi connectivity index (χ1) is 14.3. The Morgan fingerprint density at radius 3 is 2.67 bits per heavy atom. The second kappa shape index (κ2) is 7.52. The molecular weight excluding hydrogens is 381 g/mol. The molecule has 1 aliphatic carbocycles. The molecule has 2 aromatic rings. The van der Waals surface area contributed by atoms with Crippen molar-refractivity contribution in [1.82, 2.24) is 10.3 Å². The third-order valence-corrected chi connectivity index (χ3v) is 5.62. The van der Waals surface area contributed by atoms with Gasteiger partial charge in [-0.25, -0.2) is 4.39 Å². The molecule has 30 heavy (non-hydrogen) atoms. The third kappa shape index (κ3) is 3.65. The number of anilines is 1. The van der Waals surface area contributed by atoms with Gasteiger partial charge in [-0.1, -0.05) is 32.0 Å². The quantitative estimate of drug-likeness (QED) is 0.791. The molecule has 2 heterocycles. The molecule has 5 nitrogen and oxygen atoms in total. The summed E-state index contributed by atoms with van der Waals surface area (Å²) in [7, 11) is 0. The van der Waals surface area contributed by atoms with Crippen molar-refractivity contribution in [2.45, 2.75) is 39.5 Å². The Morgan fingerprint density at radius 1 is 1.20 bits per heavy atom. The third-order valence-electron chi connectivity index (χ3n) is 5.62. The molecule has 1 aliphatic heterocycles. The van der Waals surface area contributed by atoms with Crippen LogP contribution < -0.4 is 10.6 Å². The van der Waals surface area contributed by atoms with Crippen LogP contribution in [0.5, 0.6) is 0 Å². The Morgan fingerprint density at radius 2 is 1.97 bits per heavy atom. The van der Waals surface area contributed by atoms with Crippen LogP contribution >= 0.6 is 0 Å². The number of rotatable bonds is 3. The molecule has 6 heteroatoms. The molecule has 0 saturated heterocycles. The average molecular weight is 405 g/mol. The fraction of sp³-hybridized carbons (Fsp3) is 0.292. The standard InChI is InChI=1S/C24H24FN3O2/c1-14-20(23(30)28-17-9-5-4-8-16(17)25)21(15-7-6-10-26-13-15)22-18(27-14)11-24(2,3)12-19(22)29/h4-10,13,21,27H,11-12H2,1-3H3,(H,28,30)/t21-/m0/s1. The van der Waals surface area contributed by atoms with Crippen molar-refractivity contribution < 1.29 is 14.0 Å². The van der Waals surface area contributed by atoms with E-state index in [1.807, 2.05) is 13.0 Å². The zero-order valence-corrected chi connectivity index (χ0v) is 17.3. The highest BCUT2D eigenvalue weighted by Crippen LogP contribution is 2.46. The highest BCUT2D eigenvalue weighted by Gasteiger charge is 2.42. The Balaban J connectivity index is 1.80. The average Bonchev–Trinajstić information content (AvgIpc) is 2.68. The molecular formula is C24H24FN3O2. The van der Waals surface area contributed by atoms with Gasteiger partial charge in [-0.15, -0.1) is 0 Å². The number of aromatic nitrogens is 1. The van der Waals surface area contributed by atoms with E-state index >= 15 is 0 Å². The largest absolute Gasteiger partial charge is 0.362 e. The fourth-order valence-corrected chi connectivity index (χ4v) is 4.37. The zero-order chi connectivity index (χ0) is 21.5. The topological polar surface area (TPSA) is 71.1 Å². The number of para-hydroxylation sites is 1. The number of allylic oxidation sites excluding steroid dienone is 3. The van der Waals surface area contributed by atoms with Crippen LogP contribution in [-0.4, -0.2) is 16.7 Å². The van der Waals surface area contributed by atoms with Crippen molar-refractivity contribution in [1.29, 1.82) is 0 Å². The van der Waals surface area contributed by atoms with E-state index in [1.165, 1.54) is 12.1 Å². The second-order valence-corrected chi connectivity index (χ2v) is 8.65. The van der Waals surface area contributed by atoms with Crippen LogP contribution in [0.25, 0.3) is 0 Å². The van der Waals surface area contributed by atoms with Crippen LogP contribution in [0.3, 0.4) is 0 Å².